The molecule has 1 aliphatic rings. The van der Waals surface area contributed by atoms with Crippen molar-refractivity contribution in [3.63, 3.8) is 0 Å². The number of rotatable bonds is 6. The number of nitrogens with one attached hydrogen (secondary N) is 1. The molecule has 0 aromatic heterocycles. The molecular formula is C22H24N2O3. The van der Waals surface area contributed by atoms with Gasteiger partial charge >= 0.3 is 0 Å². The zero-order chi connectivity index (χ0) is 19.6. The van der Waals surface area contributed by atoms with Crippen LogP contribution in [0.15, 0.2) is 48.5 Å². The molecule has 1 N–H and O–H groups in total. The van der Waals surface area contributed by atoms with Crippen LogP contribution in [0.5, 0.6) is 0 Å². The van der Waals surface area contributed by atoms with Gasteiger partial charge in [-0.15, -0.1) is 0 Å². The van der Waals surface area contributed by atoms with Crippen LogP contribution in [0.3, 0.4) is 0 Å². The molecule has 1 atom stereocenters. The van der Waals surface area contributed by atoms with E-state index in [-0.39, 0.29) is 11.8 Å². The third-order valence-corrected chi connectivity index (χ3v) is 4.72. The molecule has 0 radical (unpaired) electrons. The van der Waals surface area contributed by atoms with Gasteiger partial charge in [-0.05, 0) is 37.0 Å². The Morgan fingerprint density at radius 1 is 0.963 bits per heavy atom. The van der Waals surface area contributed by atoms with Crippen molar-refractivity contribution in [1.29, 1.82) is 0 Å². The van der Waals surface area contributed by atoms with E-state index in [0.717, 1.165) is 16.0 Å². The molecule has 0 unspecified atom stereocenters. The topological polar surface area (TPSA) is 66.5 Å². The average Bonchev–Trinajstić information content (AvgIpc) is 2.90. The molecule has 0 fully saturated rings. The number of fused-ring (bicyclic) bond motifs is 1. The zero-order valence-electron chi connectivity index (χ0n) is 15.9. The van der Waals surface area contributed by atoms with Gasteiger partial charge in [-0.2, -0.15) is 0 Å². The molecule has 3 rings (SSSR count). The van der Waals surface area contributed by atoms with Crippen molar-refractivity contribution in [3.8, 4) is 0 Å². The van der Waals surface area contributed by atoms with Gasteiger partial charge in [-0.1, -0.05) is 55.8 Å². The van der Waals surface area contributed by atoms with E-state index in [9.17, 15) is 14.4 Å². The average molecular weight is 364 g/mol. The quantitative estimate of drug-likeness (QED) is 0.800. The van der Waals surface area contributed by atoms with Crippen LogP contribution < -0.4 is 5.32 Å². The van der Waals surface area contributed by atoms with E-state index in [0.29, 0.717) is 24.1 Å². The van der Waals surface area contributed by atoms with Crippen molar-refractivity contribution >= 4 is 17.7 Å². The fraction of sp³-hybridized carbons (Fsp3) is 0.318. The van der Waals surface area contributed by atoms with Gasteiger partial charge in [0.05, 0.1) is 11.1 Å². The lowest BCUT2D eigenvalue weighted by atomic mass is 10.0. The number of hydrogen-bond donors (Lipinski definition) is 1. The summed E-state index contributed by atoms with van der Waals surface area (Å²) in [4.78, 5) is 39.6. The minimum atomic E-state index is -0.817. The van der Waals surface area contributed by atoms with Gasteiger partial charge in [-0.25, -0.2) is 0 Å². The van der Waals surface area contributed by atoms with Crippen molar-refractivity contribution in [2.75, 3.05) is 0 Å². The van der Waals surface area contributed by atoms with Gasteiger partial charge in [-0.3, -0.25) is 19.3 Å². The first-order valence-electron chi connectivity index (χ1n) is 9.18. The number of hydrogen-bond acceptors (Lipinski definition) is 3. The SMILES string of the molecule is Cc1ccc(CNC(=O)[C@@H](CC(C)C)N2C(=O)c3ccccc3C2=O)cc1. The van der Waals surface area contributed by atoms with Gasteiger partial charge in [0, 0.05) is 6.54 Å². The van der Waals surface area contributed by atoms with Gasteiger partial charge < -0.3 is 5.32 Å². The largest absolute Gasteiger partial charge is 0.350 e. The molecule has 0 bridgehead atoms. The number of carbonyl (C=O) groups is 3. The summed E-state index contributed by atoms with van der Waals surface area (Å²) in [6, 6.07) is 13.8. The van der Waals surface area contributed by atoms with Crippen molar-refractivity contribution in [3.05, 3.63) is 70.8 Å². The Bertz CT molecular complexity index is 836. The van der Waals surface area contributed by atoms with E-state index in [1.54, 1.807) is 24.3 Å². The van der Waals surface area contributed by atoms with Crippen molar-refractivity contribution in [2.24, 2.45) is 5.92 Å². The predicted octanol–water partition coefficient (Wildman–Crippen LogP) is 3.32. The summed E-state index contributed by atoms with van der Waals surface area (Å²) in [7, 11) is 0. The van der Waals surface area contributed by atoms with Crippen LogP contribution in [0.1, 0.15) is 52.1 Å². The van der Waals surface area contributed by atoms with Crippen LogP contribution in [0.25, 0.3) is 0 Å². The molecule has 2 aromatic rings. The van der Waals surface area contributed by atoms with E-state index < -0.39 is 17.9 Å². The van der Waals surface area contributed by atoms with Crippen molar-refractivity contribution in [1.82, 2.24) is 10.2 Å². The highest BCUT2D eigenvalue weighted by Crippen LogP contribution is 2.27. The van der Waals surface area contributed by atoms with E-state index in [1.165, 1.54) is 0 Å². The Morgan fingerprint density at radius 2 is 1.52 bits per heavy atom. The lowest BCUT2D eigenvalue weighted by molar-refractivity contribution is -0.125. The smallest absolute Gasteiger partial charge is 0.262 e. The number of carbonyl (C=O) groups excluding carboxylic acids is 3. The lowest BCUT2D eigenvalue weighted by Gasteiger charge is -2.26. The van der Waals surface area contributed by atoms with Crippen LogP contribution in [0.4, 0.5) is 0 Å². The molecule has 2 aromatic carbocycles. The second-order valence-corrected chi connectivity index (χ2v) is 7.37. The molecule has 140 valence electrons. The second kappa shape index (κ2) is 7.74. The van der Waals surface area contributed by atoms with Crippen molar-refractivity contribution < 1.29 is 14.4 Å². The Labute approximate surface area is 159 Å². The number of nitrogens with zero attached hydrogens (tertiary/aromatic N) is 1. The molecular weight excluding hydrogens is 340 g/mol. The van der Waals surface area contributed by atoms with E-state index >= 15 is 0 Å². The monoisotopic (exact) mass is 364 g/mol. The zero-order valence-corrected chi connectivity index (χ0v) is 15.9. The maximum Gasteiger partial charge on any atom is 0.262 e. The maximum atomic E-state index is 12.9. The summed E-state index contributed by atoms with van der Waals surface area (Å²) < 4.78 is 0. The fourth-order valence-corrected chi connectivity index (χ4v) is 3.28. The second-order valence-electron chi connectivity index (χ2n) is 7.37. The van der Waals surface area contributed by atoms with Crippen LogP contribution in [-0.2, 0) is 11.3 Å². The number of benzene rings is 2. The Hall–Kier alpha value is -2.95. The summed E-state index contributed by atoms with van der Waals surface area (Å²) in [6.07, 6.45) is 0.422. The summed E-state index contributed by atoms with van der Waals surface area (Å²) >= 11 is 0. The fourth-order valence-electron chi connectivity index (χ4n) is 3.28. The molecule has 5 heteroatoms. The Morgan fingerprint density at radius 3 is 2.04 bits per heavy atom. The van der Waals surface area contributed by atoms with Gasteiger partial charge in [0.2, 0.25) is 5.91 Å². The van der Waals surface area contributed by atoms with Gasteiger partial charge in [0.25, 0.3) is 11.8 Å². The number of amides is 3. The molecule has 5 nitrogen and oxygen atoms in total. The maximum absolute atomic E-state index is 12.9. The van der Waals surface area contributed by atoms with Crippen LogP contribution >= 0.6 is 0 Å². The molecule has 0 spiro atoms. The molecule has 3 amide bonds. The van der Waals surface area contributed by atoms with Gasteiger partial charge in [0.1, 0.15) is 6.04 Å². The summed E-state index contributed by atoms with van der Waals surface area (Å²) in [5.74, 6) is -0.943. The number of imide groups is 1. The summed E-state index contributed by atoms with van der Waals surface area (Å²) in [5.41, 5.74) is 2.85. The van der Waals surface area contributed by atoms with Crippen LogP contribution in [0.2, 0.25) is 0 Å². The first-order valence-corrected chi connectivity index (χ1v) is 9.18. The highest BCUT2D eigenvalue weighted by atomic mass is 16.2. The minimum Gasteiger partial charge on any atom is -0.350 e. The summed E-state index contributed by atoms with van der Waals surface area (Å²) in [5, 5.41) is 2.88. The van der Waals surface area contributed by atoms with Gasteiger partial charge in [0.15, 0.2) is 0 Å². The molecule has 0 saturated carbocycles. The molecule has 0 saturated heterocycles. The Kier molecular flexibility index (Phi) is 5.40. The third kappa shape index (κ3) is 3.92. The number of aryl methyl sites for hydroxylation is 1. The van der Waals surface area contributed by atoms with Crippen molar-refractivity contribution in [2.45, 2.75) is 39.8 Å². The van der Waals surface area contributed by atoms with E-state index in [4.69, 9.17) is 0 Å². The highest BCUT2D eigenvalue weighted by Gasteiger charge is 2.42. The first-order chi connectivity index (χ1) is 12.9. The lowest BCUT2D eigenvalue weighted by Crippen LogP contribution is -2.50. The predicted molar refractivity (Wildman–Crippen MR) is 103 cm³/mol. The Balaban J connectivity index is 1.79. The third-order valence-electron chi connectivity index (χ3n) is 4.72. The molecule has 27 heavy (non-hydrogen) atoms. The van der Waals surface area contributed by atoms with Crippen LogP contribution in [-0.4, -0.2) is 28.7 Å². The van der Waals surface area contributed by atoms with E-state index in [1.807, 2.05) is 45.0 Å². The van der Waals surface area contributed by atoms with Crippen LogP contribution in [0, 0.1) is 12.8 Å². The van der Waals surface area contributed by atoms with E-state index in [2.05, 4.69) is 5.32 Å². The normalized spacial score (nSPS) is 14.4. The highest BCUT2D eigenvalue weighted by molar-refractivity contribution is 6.22. The molecule has 1 heterocycles. The standard InChI is InChI=1S/C22H24N2O3/c1-14(2)12-19(20(25)23-13-16-10-8-15(3)9-11-16)24-21(26)17-6-4-5-7-18(17)22(24)27/h4-11,14,19H,12-13H2,1-3H3,(H,23,25)/t19-/m1/s1. The summed E-state index contributed by atoms with van der Waals surface area (Å²) in [6.45, 7) is 6.30. The first kappa shape index (κ1) is 18.8. The minimum absolute atomic E-state index is 0.157. The molecule has 0 aliphatic carbocycles. The molecule has 1 aliphatic heterocycles.